The van der Waals surface area contributed by atoms with E-state index in [4.69, 9.17) is 0 Å². The van der Waals surface area contributed by atoms with Gasteiger partial charge in [-0.1, -0.05) is 18.2 Å². The lowest BCUT2D eigenvalue weighted by molar-refractivity contribution is 0.364. The van der Waals surface area contributed by atoms with E-state index in [2.05, 4.69) is 20.0 Å². The normalized spacial score (nSPS) is 18.9. The standard InChI is InChI=1S/C25H31N5O4S/c1-15-8-13-20(14-16(15)2)30-25(32)23(17(3)28-30)27-26-22-7-5-6-21(24(22)31)18-9-11-19(12-10-18)29-35(4,33)34/h5-8,13-14,18-19,28-29,31H,9-12H2,1-4H3. The van der Waals surface area contributed by atoms with Crippen molar-refractivity contribution in [2.24, 2.45) is 10.2 Å². The lowest BCUT2D eigenvalue weighted by atomic mass is 9.81. The number of H-pyrrole nitrogens is 1. The van der Waals surface area contributed by atoms with Gasteiger partial charge in [-0.15, -0.1) is 10.2 Å². The molecule has 0 spiro atoms. The van der Waals surface area contributed by atoms with Crippen LogP contribution in [-0.2, 0) is 10.0 Å². The van der Waals surface area contributed by atoms with E-state index in [0.29, 0.717) is 24.2 Å². The fourth-order valence-electron chi connectivity index (χ4n) is 4.59. The lowest BCUT2D eigenvalue weighted by Gasteiger charge is -2.29. The predicted octanol–water partition coefficient (Wildman–Crippen LogP) is 4.79. The van der Waals surface area contributed by atoms with Gasteiger partial charge in [0.05, 0.1) is 17.6 Å². The van der Waals surface area contributed by atoms with Crippen LogP contribution in [0.5, 0.6) is 5.75 Å². The number of aromatic amines is 1. The molecule has 1 aliphatic carbocycles. The Morgan fingerprint density at radius 1 is 1.03 bits per heavy atom. The molecule has 0 radical (unpaired) electrons. The summed E-state index contributed by atoms with van der Waals surface area (Å²) < 4.78 is 27.1. The van der Waals surface area contributed by atoms with Crippen molar-refractivity contribution in [1.29, 1.82) is 0 Å². The third kappa shape index (κ3) is 5.54. The van der Waals surface area contributed by atoms with Crippen LogP contribution in [0.3, 0.4) is 0 Å². The third-order valence-corrected chi connectivity index (χ3v) is 7.40. The van der Waals surface area contributed by atoms with E-state index in [-0.39, 0.29) is 34.6 Å². The molecule has 0 aliphatic heterocycles. The SMILES string of the molecule is Cc1ccc(-n2[nH]c(C)c(N=Nc3cccc(C4CCC(NS(C)(=O)=O)CC4)c3O)c2=O)cc1C. The Morgan fingerprint density at radius 2 is 1.74 bits per heavy atom. The second-order valence-electron chi connectivity index (χ2n) is 9.35. The smallest absolute Gasteiger partial charge is 0.299 e. The summed E-state index contributed by atoms with van der Waals surface area (Å²) >= 11 is 0. The number of sulfonamides is 1. The molecule has 1 aliphatic rings. The highest BCUT2D eigenvalue weighted by molar-refractivity contribution is 7.88. The fourth-order valence-corrected chi connectivity index (χ4v) is 5.43. The molecular weight excluding hydrogens is 466 g/mol. The van der Waals surface area contributed by atoms with E-state index in [1.807, 2.05) is 44.2 Å². The maximum absolute atomic E-state index is 13.0. The first kappa shape index (κ1) is 24.9. The van der Waals surface area contributed by atoms with Crippen molar-refractivity contribution in [3.63, 3.8) is 0 Å². The molecule has 1 aromatic heterocycles. The van der Waals surface area contributed by atoms with Crippen LogP contribution in [0.25, 0.3) is 5.69 Å². The second-order valence-corrected chi connectivity index (χ2v) is 11.1. The van der Waals surface area contributed by atoms with Crippen LogP contribution < -0.4 is 10.3 Å². The number of para-hydroxylation sites is 1. The Labute approximate surface area is 205 Å². The number of aromatic hydroxyl groups is 1. The number of aromatic nitrogens is 2. The quantitative estimate of drug-likeness (QED) is 0.423. The minimum atomic E-state index is -3.24. The number of phenols is 1. The van der Waals surface area contributed by atoms with E-state index in [9.17, 15) is 18.3 Å². The molecule has 1 fully saturated rings. The molecule has 3 N–H and O–H groups in total. The molecule has 4 rings (SSSR count). The van der Waals surface area contributed by atoms with Crippen molar-refractivity contribution in [3.8, 4) is 11.4 Å². The van der Waals surface area contributed by atoms with E-state index in [1.54, 1.807) is 13.0 Å². The number of azo groups is 1. The minimum absolute atomic E-state index is 0.0402. The number of nitrogens with one attached hydrogen (secondary N) is 2. The van der Waals surface area contributed by atoms with Gasteiger partial charge in [0.15, 0.2) is 5.69 Å². The Balaban J connectivity index is 1.55. The Kier molecular flexibility index (Phi) is 6.95. The molecule has 0 amide bonds. The number of hydrogen-bond acceptors (Lipinski definition) is 6. The number of phenolic OH excluding ortho intramolecular Hbond substituents is 1. The summed E-state index contributed by atoms with van der Waals surface area (Å²) in [6.07, 6.45) is 4.06. The van der Waals surface area contributed by atoms with Gasteiger partial charge in [0.1, 0.15) is 11.4 Å². The van der Waals surface area contributed by atoms with Crippen LogP contribution in [-0.4, -0.2) is 35.6 Å². The van der Waals surface area contributed by atoms with E-state index >= 15 is 0 Å². The van der Waals surface area contributed by atoms with Crippen molar-refractivity contribution >= 4 is 21.4 Å². The average molecular weight is 498 g/mol. The van der Waals surface area contributed by atoms with Crippen LogP contribution in [0.15, 0.2) is 51.4 Å². The molecule has 2 aromatic carbocycles. The van der Waals surface area contributed by atoms with Crippen LogP contribution in [0.2, 0.25) is 0 Å². The van der Waals surface area contributed by atoms with Gasteiger partial charge in [0.25, 0.3) is 5.56 Å². The minimum Gasteiger partial charge on any atom is -0.505 e. The molecule has 35 heavy (non-hydrogen) atoms. The summed E-state index contributed by atoms with van der Waals surface area (Å²) in [5, 5.41) is 22.3. The largest absolute Gasteiger partial charge is 0.505 e. The van der Waals surface area contributed by atoms with Gasteiger partial charge in [0.2, 0.25) is 10.0 Å². The fraction of sp³-hybridized carbons (Fsp3) is 0.400. The molecule has 0 saturated heterocycles. The topological polar surface area (TPSA) is 129 Å². The van der Waals surface area contributed by atoms with E-state index < -0.39 is 10.0 Å². The van der Waals surface area contributed by atoms with Gasteiger partial charge in [-0.05, 0) is 87.3 Å². The van der Waals surface area contributed by atoms with Crippen LogP contribution in [0.1, 0.15) is 54.0 Å². The molecule has 0 atom stereocenters. The number of nitrogens with zero attached hydrogens (tertiary/aromatic N) is 3. The van der Waals surface area contributed by atoms with E-state index in [1.165, 1.54) is 10.9 Å². The molecule has 0 bridgehead atoms. The number of hydrogen-bond donors (Lipinski definition) is 3. The number of rotatable bonds is 6. The van der Waals surface area contributed by atoms with Crippen molar-refractivity contribution in [1.82, 2.24) is 14.5 Å². The Bertz CT molecular complexity index is 1430. The highest BCUT2D eigenvalue weighted by Crippen LogP contribution is 2.41. The maximum atomic E-state index is 13.0. The van der Waals surface area contributed by atoms with Crippen molar-refractivity contribution in [2.75, 3.05) is 6.26 Å². The number of aryl methyl sites for hydroxylation is 3. The zero-order valence-electron chi connectivity index (χ0n) is 20.4. The molecule has 1 heterocycles. The summed E-state index contributed by atoms with van der Waals surface area (Å²) in [5.41, 5.74) is 4.42. The second kappa shape index (κ2) is 9.79. The van der Waals surface area contributed by atoms with Crippen LogP contribution in [0.4, 0.5) is 11.4 Å². The molecule has 9 nitrogen and oxygen atoms in total. The predicted molar refractivity (Wildman–Crippen MR) is 136 cm³/mol. The Hall–Kier alpha value is -3.24. The highest BCUT2D eigenvalue weighted by Gasteiger charge is 2.26. The molecule has 10 heteroatoms. The first-order chi connectivity index (χ1) is 16.5. The third-order valence-electron chi connectivity index (χ3n) is 6.64. The Morgan fingerprint density at radius 3 is 2.40 bits per heavy atom. The highest BCUT2D eigenvalue weighted by atomic mass is 32.2. The van der Waals surface area contributed by atoms with Crippen molar-refractivity contribution in [3.05, 3.63) is 69.1 Å². The summed E-state index contributed by atoms with van der Waals surface area (Å²) in [5.74, 6) is 0.136. The van der Waals surface area contributed by atoms with Crippen molar-refractivity contribution < 1.29 is 13.5 Å². The summed E-state index contributed by atoms with van der Waals surface area (Å²) in [6, 6.07) is 11.0. The molecule has 3 aromatic rings. The van der Waals surface area contributed by atoms with Gasteiger partial charge in [-0.2, -0.15) is 0 Å². The molecule has 0 unspecified atom stereocenters. The van der Waals surface area contributed by atoms with Crippen molar-refractivity contribution in [2.45, 2.75) is 58.4 Å². The van der Waals surface area contributed by atoms with Gasteiger partial charge in [0, 0.05) is 6.04 Å². The summed E-state index contributed by atoms with van der Waals surface area (Å²) in [4.78, 5) is 13.0. The van der Waals surface area contributed by atoms with Gasteiger partial charge >= 0.3 is 0 Å². The van der Waals surface area contributed by atoms with E-state index in [0.717, 1.165) is 29.5 Å². The van der Waals surface area contributed by atoms with Gasteiger partial charge in [-0.25, -0.2) is 17.8 Å². The van der Waals surface area contributed by atoms with Gasteiger partial charge in [-0.3, -0.25) is 9.89 Å². The van der Waals surface area contributed by atoms with Gasteiger partial charge < -0.3 is 5.11 Å². The average Bonchev–Trinajstić information content (AvgIpc) is 3.08. The van der Waals surface area contributed by atoms with Crippen LogP contribution >= 0.6 is 0 Å². The molecule has 186 valence electrons. The summed E-state index contributed by atoms with van der Waals surface area (Å²) in [6.45, 7) is 5.76. The number of benzene rings is 2. The van der Waals surface area contributed by atoms with Crippen LogP contribution in [0, 0.1) is 20.8 Å². The molecular formula is C25H31N5O4S. The zero-order chi connectivity index (χ0) is 25.3. The summed E-state index contributed by atoms with van der Waals surface area (Å²) in [7, 11) is -3.24. The zero-order valence-corrected chi connectivity index (χ0v) is 21.2. The first-order valence-electron chi connectivity index (χ1n) is 11.6. The lowest BCUT2D eigenvalue weighted by Crippen LogP contribution is -2.36. The monoisotopic (exact) mass is 497 g/mol. The maximum Gasteiger partial charge on any atom is 0.299 e. The first-order valence-corrected chi connectivity index (χ1v) is 13.5. The molecule has 1 saturated carbocycles.